The van der Waals surface area contributed by atoms with E-state index in [1.807, 2.05) is 18.2 Å². The fourth-order valence-corrected chi connectivity index (χ4v) is 4.48. The highest BCUT2D eigenvalue weighted by Crippen LogP contribution is 2.24. The van der Waals surface area contributed by atoms with E-state index in [9.17, 15) is 4.79 Å². The highest BCUT2D eigenvalue weighted by molar-refractivity contribution is 5.90. The molecule has 4 rings (SSSR count). The fraction of sp³-hybridized carbons (Fsp3) is 0.370. The molecule has 168 valence electrons. The number of nitrogens with one attached hydrogen (secondary N) is 1. The first-order chi connectivity index (χ1) is 15.5. The number of hydrogen-bond donors (Lipinski definition) is 1. The molecule has 0 spiro atoms. The maximum Gasteiger partial charge on any atom is 0.224 e. The molecule has 0 radical (unpaired) electrons. The third-order valence-electron chi connectivity index (χ3n) is 6.50. The molecule has 1 atom stereocenters. The van der Waals surface area contributed by atoms with E-state index in [4.69, 9.17) is 0 Å². The van der Waals surface area contributed by atoms with E-state index in [0.717, 1.165) is 37.1 Å². The zero-order valence-electron chi connectivity index (χ0n) is 19.4. The lowest BCUT2D eigenvalue weighted by molar-refractivity contribution is -0.120. The van der Waals surface area contributed by atoms with Crippen LogP contribution in [0.15, 0.2) is 66.7 Å². The Labute approximate surface area is 191 Å². The van der Waals surface area contributed by atoms with Gasteiger partial charge in [0.2, 0.25) is 5.91 Å². The molecule has 0 aromatic heterocycles. The topological polar surface area (TPSA) is 38.8 Å². The van der Waals surface area contributed by atoms with Crippen LogP contribution in [0, 0.1) is 0 Å². The Morgan fingerprint density at radius 2 is 1.62 bits per heavy atom. The van der Waals surface area contributed by atoms with Crippen molar-refractivity contribution < 1.29 is 4.79 Å². The second-order valence-electron chi connectivity index (χ2n) is 8.96. The van der Waals surface area contributed by atoms with Gasteiger partial charge in [-0.2, -0.15) is 0 Å². The number of nitrogens with zero attached hydrogens (tertiary/aromatic N) is 3. The van der Waals surface area contributed by atoms with Crippen LogP contribution >= 0.6 is 0 Å². The molecule has 1 N–H and O–H groups in total. The molecule has 5 heteroatoms. The zero-order valence-corrected chi connectivity index (χ0v) is 19.4. The summed E-state index contributed by atoms with van der Waals surface area (Å²) >= 11 is 0. The van der Waals surface area contributed by atoms with Crippen molar-refractivity contribution in [3.05, 3.63) is 77.9 Å². The standard InChI is InChI=1S/C27H34N4O/c1-29(2)24-13-11-22(12-14-24)26(31-17-15-30(3)16-18-31)20-28-27(32)19-23-9-6-8-21-7-4-5-10-25(21)23/h4-14,26H,15-20H2,1-3H3,(H,28,32). The highest BCUT2D eigenvalue weighted by atomic mass is 16.1. The Bertz CT molecular complexity index is 1030. The van der Waals surface area contributed by atoms with Crippen molar-refractivity contribution >= 4 is 22.4 Å². The third kappa shape index (κ3) is 5.29. The summed E-state index contributed by atoms with van der Waals surface area (Å²) in [5.74, 6) is 0.0744. The van der Waals surface area contributed by atoms with Gasteiger partial charge in [0.05, 0.1) is 12.5 Å². The van der Waals surface area contributed by atoms with Crippen molar-refractivity contribution in [1.29, 1.82) is 0 Å². The molecule has 5 nitrogen and oxygen atoms in total. The van der Waals surface area contributed by atoms with Crippen LogP contribution in [0.2, 0.25) is 0 Å². The number of amides is 1. The van der Waals surface area contributed by atoms with Crippen molar-refractivity contribution in [3.8, 4) is 0 Å². The van der Waals surface area contributed by atoms with E-state index in [0.29, 0.717) is 13.0 Å². The maximum absolute atomic E-state index is 12.9. The molecule has 3 aromatic carbocycles. The summed E-state index contributed by atoms with van der Waals surface area (Å²) in [6, 6.07) is 23.4. The zero-order chi connectivity index (χ0) is 22.5. The Morgan fingerprint density at radius 3 is 2.34 bits per heavy atom. The first kappa shape index (κ1) is 22.3. The first-order valence-corrected chi connectivity index (χ1v) is 11.4. The molecule has 1 aliphatic rings. The van der Waals surface area contributed by atoms with Crippen LogP contribution in [0.1, 0.15) is 17.2 Å². The minimum Gasteiger partial charge on any atom is -0.378 e. The number of carbonyl (C=O) groups is 1. The van der Waals surface area contributed by atoms with Crippen molar-refractivity contribution in [2.45, 2.75) is 12.5 Å². The second kappa shape index (κ2) is 10.2. The van der Waals surface area contributed by atoms with Gasteiger partial charge in [0.25, 0.3) is 0 Å². The molecule has 3 aromatic rings. The van der Waals surface area contributed by atoms with E-state index >= 15 is 0 Å². The van der Waals surface area contributed by atoms with Crippen molar-refractivity contribution in [3.63, 3.8) is 0 Å². The number of fused-ring (bicyclic) bond motifs is 1. The van der Waals surface area contributed by atoms with Crippen molar-refractivity contribution in [2.24, 2.45) is 0 Å². The number of hydrogen-bond acceptors (Lipinski definition) is 4. The number of rotatable bonds is 7. The summed E-state index contributed by atoms with van der Waals surface area (Å²) < 4.78 is 0. The van der Waals surface area contributed by atoms with Gasteiger partial charge in [0.15, 0.2) is 0 Å². The largest absolute Gasteiger partial charge is 0.378 e. The first-order valence-electron chi connectivity index (χ1n) is 11.4. The number of anilines is 1. The average molecular weight is 431 g/mol. The Hall–Kier alpha value is -2.89. The Morgan fingerprint density at radius 1 is 0.938 bits per heavy atom. The van der Waals surface area contributed by atoms with Gasteiger partial charge in [0, 0.05) is 52.5 Å². The summed E-state index contributed by atoms with van der Waals surface area (Å²) in [6.07, 6.45) is 0.399. The van der Waals surface area contributed by atoms with Crippen molar-refractivity contribution in [2.75, 3.05) is 58.8 Å². The minimum absolute atomic E-state index is 0.0744. The Kier molecular flexibility index (Phi) is 7.08. The van der Waals surface area contributed by atoms with Crippen LogP contribution in [-0.4, -0.2) is 69.6 Å². The summed E-state index contributed by atoms with van der Waals surface area (Å²) in [4.78, 5) is 19.9. The van der Waals surface area contributed by atoms with Gasteiger partial charge >= 0.3 is 0 Å². The summed E-state index contributed by atoms with van der Waals surface area (Å²) in [5.41, 5.74) is 3.52. The molecule has 1 amide bonds. The molecule has 0 bridgehead atoms. The monoisotopic (exact) mass is 430 g/mol. The van der Waals surface area contributed by atoms with Gasteiger partial charge in [-0.15, -0.1) is 0 Å². The quantitative estimate of drug-likeness (QED) is 0.622. The second-order valence-corrected chi connectivity index (χ2v) is 8.96. The number of carbonyl (C=O) groups excluding carboxylic acids is 1. The predicted octanol–water partition coefficient (Wildman–Crippen LogP) is 3.55. The Balaban J connectivity index is 1.47. The van der Waals surface area contributed by atoms with Gasteiger partial charge in [-0.3, -0.25) is 9.69 Å². The third-order valence-corrected chi connectivity index (χ3v) is 6.50. The molecule has 0 saturated carbocycles. The van der Waals surface area contributed by atoms with E-state index in [1.165, 1.54) is 16.6 Å². The maximum atomic E-state index is 12.9. The number of benzene rings is 3. The molecular weight excluding hydrogens is 396 g/mol. The van der Waals surface area contributed by atoms with Crippen LogP contribution < -0.4 is 10.2 Å². The summed E-state index contributed by atoms with van der Waals surface area (Å²) in [6.45, 7) is 4.74. The molecule has 1 heterocycles. The fourth-order valence-electron chi connectivity index (χ4n) is 4.48. The highest BCUT2D eigenvalue weighted by Gasteiger charge is 2.24. The summed E-state index contributed by atoms with van der Waals surface area (Å²) in [5, 5.41) is 5.56. The predicted molar refractivity (Wildman–Crippen MR) is 133 cm³/mol. The SMILES string of the molecule is CN1CCN(C(CNC(=O)Cc2cccc3ccccc23)c2ccc(N(C)C)cc2)CC1. The molecule has 1 fully saturated rings. The van der Waals surface area contributed by atoms with Crippen LogP contribution in [-0.2, 0) is 11.2 Å². The van der Waals surface area contributed by atoms with Gasteiger partial charge in [0.1, 0.15) is 0 Å². The summed E-state index contributed by atoms with van der Waals surface area (Å²) in [7, 11) is 6.28. The van der Waals surface area contributed by atoms with Crippen LogP contribution in [0.5, 0.6) is 0 Å². The minimum atomic E-state index is 0.0744. The smallest absolute Gasteiger partial charge is 0.224 e. The lowest BCUT2D eigenvalue weighted by Crippen LogP contribution is -2.48. The van der Waals surface area contributed by atoms with E-state index in [-0.39, 0.29) is 11.9 Å². The average Bonchev–Trinajstić information content (AvgIpc) is 2.81. The number of likely N-dealkylation sites (N-methyl/N-ethyl adjacent to an activating group) is 1. The van der Waals surface area contributed by atoms with Gasteiger partial charge in [-0.25, -0.2) is 0 Å². The lowest BCUT2D eigenvalue weighted by Gasteiger charge is -2.38. The lowest BCUT2D eigenvalue weighted by atomic mass is 10.0. The van der Waals surface area contributed by atoms with Gasteiger partial charge in [-0.05, 0) is 41.1 Å². The molecular formula is C27H34N4O. The van der Waals surface area contributed by atoms with Crippen LogP contribution in [0.3, 0.4) is 0 Å². The van der Waals surface area contributed by atoms with Crippen LogP contribution in [0.25, 0.3) is 10.8 Å². The molecule has 1 unspecified atom stereocenters. The van der Waals surface area contributed by atoms with E-state index in [1.54, 1.807) is 0 Å². The van der Waals surface area contributed by atoms with Crippen LogP contribution in [0.4, 0.5) is 5.69 Å². The number of piperazine rings is 1. The van der Waals surface area contributed by atoms with Gasteiger partial charge in [-0.1, -0.05) is 54.6 Å². The molecule has 1 saturated heterocycles. The van der Waals surface area contributed by atoms with Gasteiger partial charge < -0.3 is 15.1 Å². The normalized spacial score (nSPS) is 16.1. The van der Waals surface area contributed by atoms with E-state index in [2.05, 4.69) is 89.7 Å². The van der Waals surface area contributed by atoms with Crippen molar-refractivity contribution in [1.82, 2.24) is 15.1 Å². The molecule has 0 aliphatic carbocycles. The van der Waals surface area contributed by atoms with E-state index < -0.39 is 0 Å². The molecule has 32 heavy (non-hydrogen) atoms. The molecule has 1 aliphatic heterocycles.